The highest BCUT2D eigenvalue weighted by atomic mass is 35.5. The molecule has 0 spiro atoms. The Morgan fingerprint density at radius 3 is 2.76 bits per heavy atom. The largest absolute Gasteiger partial charge is 0.288 e. The van der Waals surface area contributed by atoms with Crippen molar-refractivity contribution in [3.63, 3.8) is 0 Å². The quantitative estimate of drug-likeness (QED) is 0.779. The smallest absolute Gasteiger partial charge is 0.138 e. The van der Waals surface area contributed by atoms with Crippen molar-refractivity contribution in [1.29, 1.82) is 0 Å². The summed E-state index contributed by atoms with van der Waals surface area (Å²) < 4.78 is 1.98. The molecule has 0 saturated carbocycles. The summed E-state index contributed by atoms with van der Waals surface area (Å²) >= 11 is 5.92. The third-order valence-corrected chi connectivity index (χ3v) is 2.97. The Bertz CT molecular complexity index is 505. The van der Waals surface area contributed by atoms with Crippen molar-refractivity contribution in [2.45, 2.75) is 32.6 Å². The maximum atomic E-state index is 5.92. The lowest BCUT2D eigenvalue weighted by Crippen LogP contribution is -2.03. The van der Waals surface area contributed by atoms with E-state index in [4.69, 9.17) is 11.6 Å². The molecule has 0 atom stereocenters. The van der Waals surface area contributed by atoms with Crippen molar-refractivity contribution in [1.82, 2.24) is 14.5 Å². The number of nitrogens with zero attached hydrogens (tertiary/aromatic N) is 3. The van der Waals surface area contributed by atoms with Crippen LogP contribution < -0.4 is 0 Å². The van der Waals surface area contributed by atoms with Crippen LogP contribution in [0.15, 0.2) is 24.5 Å². The van der Waals surface area contributed by atoms with Gasteiger partial charge in [0.25, 0.3) is 0 Å². The van der Waals surface area contributed by atoms with Gasteiger partial charge in [-0.15, -0.1) is 11.6 Å². The van der Waals surface area contributed by atoms with E-state index in [2.05, 4.69) is 23.0 Å². The van der Waals surface area contributed by atoms with Crippen LogP contribution in [0.5, 0.6) is 0 Å². The minimum absolute atomic E-state index is 0.514. The minimum Gasteiger partial charge on any atom is -0.288 e. The van der Waals surface area contributed by atoms with Crippen molar-refractivity contribution in [3.05, 3.63) is 41.6 Å². The summed E-state index contributed by atoms with van der Waals surface area (Å²) in [5.41, 5.74) is 2.20. The number of pyridine rings is 1. The maximum absolute atomic E-state index is 5.92. The number of imidazole rings is 1. The van der Waals surface area contributed by atoms with Crippen LogP contribution in [-0.4, -0.2) is 14.5 Å². The number of hydrogen-bond acceptors (Lipinski definition) is 2. The molecule has 0 radical (unpaired) electrons. The Morgan fingerprint density at radius 2 is 2.18 bits per heavy atom. The van der Waals surface area contributed by atoms with E-state index in [1.165, 1.54) is 0 Å². The summed E-state index contributed by atoms with van der Waals surface area (Å²) in [5.74, 6) is 2.35. The summed E-state index contributed by atoms with van der Waals surface area (Å²) in [6, 6.07) is 4.09. The average Bonchev–Trinajstić information content (AvgIpc) is 2.75. The van der Waals surface area contributed by atoms with Gasteiger partial charge in [-0.1, -0.05) is 13.3 Å². The van der Waals surface area contributed by atoms with Crippen LogP contribution in [0.1, 0.15) is 30.4 Å². The summed E-state index contributed by atoms with van der Waals surface area (Å²) in [6.07, 6.45) is 5.77. The van der Waals surface area contributed by atoms with E-state index in [1.54, 1.807) is 6.20 Å². The Kier molecular flexibility index (Phi) is 3.79. The summed E-state index contributed by atoms with van der Waals surface area (Å²) in [5, 5.41) is 0. The van der Waals surface area contributed by atoms with Gasteiger partial charge in [0.15, 0.2) is 0 Å². The maximum Gasteiger partial charge on any atom is 0.138 e. The number of halogens is 1. The van der Waals surface area contributed by atoms with Crippen molar-refractivity contribution in [2.75, 3.05) is 0 Å². The highest BCUT2D eigenvalue weighted by Gasteiger charge is 2.06. The molecule has 0 bridgehead atoms. The summed E-state index contributed by atoms with van der Waals surface area (Å²) in [4.78, 5) is 8.85. The summed E-state index contributed by atoms with van der Waals surface area (Å²) in [7, 11) is 0. The van der Waals surface area contributed by atoms with Gasteiger partial charge in [0.2, 0.25) is 0 Å². The molecule has 90 valence electrons. The zero-order chi connectivity index (χ0) is 12.3. The third kappa shape index (κ3) is 2.67. The van der Waals surface area contributed by atoms with E-state index in [9.17, 15) is 0 Å². The molecule has 0 N–H and O–H groups in total. The first-order chi connectivity index (χ1) is 8.24. The lowest BCUT2D eigenvalue weighted by molar-refractivity contribution is 0.849. The Hall–Kier alpha value is -1.35. The van der Waals surface area contributed by atoms with E-state index in [0.717, 1.165) is 35.7 Å². The molecule has 4 heteroatoms. The second-order valence-corrected chi connectivity index (χ2v) is 4.32. The normalized spacial score (nSPS) is 10.8. The molecule has 3 nitrogen and oxygen atoms in total. The molecule has 2 aromatic heterocycles. The molecule has 0 amide bonds. The molecular weight excluding hydrogens is 234 g/mol. The first kappa shape index (κ1) is 12.1. The van der Waals surface area contributed by atoms with E-state index in [0.29, 0.717) is 5.88 Å². The van der Waals surface area contributed by atoms with Gasteiger partial charge in [-0.05, 0) is 31.0 Å². The van der Waals surface area contributed by atoms with Gasteiger partial charge in [0.1, 0.15) is 11.6 Å². The molecule has 2 heterocycles. The highest BCUT2D eigenvalue weighted by molar-refractivity contribution is 6.17. The van der Waals surface area contributed by atoms with Crippen LogP contribution in [0.2, 0.25) is 0 Å². The average molecular weight is 250 g/mol. The number of rotatable bonds is 4. The van der Waals surface area contributed by atoms with Gasteiger partial charge in [0.05, 0.1) is 0 Å². The fraction of sp³-hybridized carbons (Fsp3) is 0.385. The van der Waals surface area contributed by atoms with Gasteiger partial charge in [0, 0.05) is 24.0 Å². The van der Waals surface area contributed by atoms with E-state index in [-0.39, 0.29) is 0 Å². The lowest BCUT2D eigenvalue weighted by Gasteiger charge is -2.08. The molecule has 17 heavy (non-hydrogen) atoms. The SMILES string of the molecule is CCCc1cc(CCl)cc(-n2ccnc2C)n1. The van der Waals surface area contributed by atoms with E-state index < -0.39 is 0 Å². The number of alkyl halides is 1. The van der Waals surface area contributed by atoms with Crippen molar-refractivity contribution in [2.24, 2.45) is 0 Å². The monoisotopic (exact) mass is 249 g/mol. The van der Waals surface area contributed by atoms with Gasteiger partial charge < -0.3 is 0 Å². The van der Waals surface area contributed by atoms with Gasteiger partial charge in [-0.2, -0.15) is 0 Å². The fourth-order valence-corrected chi connectivity index (χ4v) is 1.99. The standard InChI is InChI=1S/C13H16ClN3/c1-3-4-12-7-11(9-14)8-13(16-12)17-6-5-15-10(17)2/h5-8H,3-4,9H2,1-2H3. The number of hydrogen-bond donors (Lipinski definition) is 0. The van der Waals surface area contributed by atoms with Crippen LogP contribution >= 0.6 is 11.6 Å². The molecule has 0 unspecified atom stereocenters. The van der Waals surface area contributed by atoms with Gasteiger partial charge >= 0.3 is 0 Å². The van der Waals surface area contributed by atoms with E-state index in [1.807, 2.05) is 23.8 Å². The molecular formula is C13H16ClN3. The lowest BCUT2D eigenvalue weighted by atomic mass is 10.2. The first-order valence-corrected chi connectivity index (χ1v) is 6.34. The Morgan fingerprint density at radius 1 is 1.35 bits per heavy atom. The van der Waals surface area contributed by atoms with Crippen LogP contribution in [0, 0.1) is 6.92 Å². The topological polar surface area (TPSA) is 30.7 Å². The molecule has 0 aromatic carbocycles. The molecule has 0 aliphatic heterocycles. The van der Waals surface area contributed by atoms with Crippen LogP contribution in [-0.2, 0) is 12.3 Å². The number of aryl methyl sites for hydroxylation is 2. The highest BCUT2D eigenvalue weighted by Crippen LogP contribution is 2.15. The zero-order valence-corrected chi connectivity index (χ0v) is 10.9. The molecule has 0 saturated heterocycles. The van der Waals surface area contributed by atoms with Crippen molar-refractivity contribution >= 4 is 11.6 Å². The molecule has 0 aliphatic carbocycles. The number of aromatic nitrogens is 3. The van der Waals surface area contributed by atoms with Crippen molar-refractivity contribution in [3.8, 4) is 5.82 Å². The second kappa shape index (κ2) is 5.32. The minimum atomic E-state index is 0.514. The van der Waals surface area contributed by atoms with Crippen molar-refractivity contribution < 1.29 is 0 Å². The Labute approximate surface area is 106 Å². The van der Waals surface area contributed by atoms with Gasteiger partial charge in [-0.25, -0.2) is 9.97 Å². The third-order valence-electron chi connectivity index (χ3n) is 2.66. The van der Waals surface area contributed by atoms with Crippen LogP contribution in [0.4, 0.5) is 0 Å². The second-order valence-electron chi connectivity index (χ2n) is 4.05. The van der Waals surface area contributed by atoms with Crippen LogP contribution in [0.3, 0.4) is 0 Å². The first-order valence-electron chi connectivity index (χ1n) is 5.80. The zero-order valence-electron chi connectivity index (χ0n) is 10.2. The Balaban J connectivity index is 2.46. The van der Waals surface area contributed by atoms with Crippen LogP contribution in [0.25, 0.3) is 5.82 Å². The predicted molar refractivity (Wildman–Crippen MR) is 69.6 cm³/mol. The molecule has 2 aromatic rings. The predicted octanol–water partition coefficient (Wildman–Crippen LogP) is 3.27. The summed E-state index contributed by atoms with van der Waals surface area (Å²) in [6.45, 7) is 4.12. The molecule has 0 fully saturated rings. The molecule has 0 aliphatic rings. The molecule has 2 rings (SSSR count). The van der Waals surface area contributed by atoms with Gasteiger partial charge in [-0.3, -0.25) is 4.57 Å². The fourth-order valence-electron chi connectivity index (χ4n) is 1.84. The van der Waals surface area contributed by atoms with E-state index >= 15 is 0 Å².